The van der Waals surface area contributed by atoms with E-state index in [1.165, 1.54) is 0 Å². The summed E-state index contributed by atoms with van der Waals surface area (Å²) in [5.74, 6) is 0.531. The number of ether oxygens (including phenoxy) is 2. The van der Waals surface area contributed by atoms with Crippen molar-refractivity contribution in [1.29, 1.82) is 0 Å². The van der Waals surface area contributed by atoms with Crippen LogP contribution in [0.25, 0.3) is 0 Å². The Morgan fingerprint density at radius 2 is 1.94 bits per heavy atom. The fraction of sp³-hybridized carbons (Fsp3) is 0.909. The Labute approximate surface area is 103 Å². The number of carbonyl (C=O) groups is 1. The minimum absolute atomic E-state index is 0.00313. The molecule has 4 fully saturated rings. The van der Waals surface area contributed by atoms with Gasteiger partial charge in [-0.05, 0) is 12.3 Å². The van der Waals surface area contributed by atoms with Gasteiger partial charge in [-0.25, -0.2) is 0 Å². The lowest BCUT2D eigenvalue weighted by atomic mass is 9.63. The Bertz CT molecular complexity index is 375. The Morgan fingerprint density at radius 3 is 2.62 bits per heavy atom. The Morgan fingerprint density at radius 1 is 1.25 bits per heavy atom. The van der Waals surface area contributed by atoms with E-state index in [0.717, 1.165) is 12.8 Å². The maximum Gasteiger partial charge on any atom is 0.179 e. The highest BCUT2D eigenvalue weighted by molar-refractivity contribution is 6.60. The van der Waals surface area contributed by atoms with Crippen LogP contribution in [0.2, 0.25) is 0 Å². The Balaban J connectivity index is 1.63. The highest BCUT2D eigenvalue weighted by atomic mass is 35.5. The van der Waals surface area contributed by atoms with Crippen LogP contribution >= 0.6 is 23.2 Å². The topological polar surface area (TPSA) is 35.5 Å². The first-order chi connectivity index (χ1) is 7.56. The predicted octanol–water partition coefficient (Wildman–Crippen LogP) is 1.76. The fourth-order valence-electron chi connectivity index (χ4n) is 4.15. The van der Waals surface area contributed by atoms with E-state index in [1.807, 2.05) is 0 Å². The summed E-state index contributed by atoms with van der Waals surface area (Å²) in [6.45, 7) is 1.33. The molecule has 4 rings (SSSR count). The predicted molar refractivity (Wildman–Crippen MR) is 57.3 cm³/mol. The van der Waals surface area contributed by atoms with Gasteiger partial charge in [0.15, 0.2) is 15.9 Å². The first kappa shape index (κ1) is 10.1. The first-order valence-corrected chi connectivity index (χ1v) is 6.52. The molecule has 0 radical (unpaired) electrons. The summed E-state index contributed by atoms with van der Waals surface area (Å²) in [5.41, 5.74) is 0. The molecular weight excluding hydrogens is 251 g/mol. The van der Waals surface area contributed by atoms with Crippen molar-refractivity contribution < 1.29 is 14.3 Å². The zero-order chi connectivity index (χ0) is 11.1. The van der Waals surface area contributed by atoms with E-state index in [2.05, 4.69) is 0 Å². The van der Waals surface area contributed by atoms with Gasteiger partial charge in [0, 0.05) is 24.2 Å². The number of fused-ring (bicyclic) bond motifs is 4. The van der Waals surface area contributed by atoms with E-state index in [-0.39, 0.29) is 17.6 Å². The second-order valence-electron chi connectivity index (χ2n) is 5.34. The van der Waals surface area contributed by atoms with Crippen molar-refractivity contribution in [2.75, 3.05) is 13.2 Å². The molecule has 3 nitrogen and oxygen atoms in total. The van der Waals surface area contributed by atoms with E-state index < -0.39 is 10.1 Å². The second-order valence-corrected chi connectivity index (χ2v) is 6.72. The molecular formula is C11H12Cl2O3. The normalized spacial score (nSPS) is 50.8. The van der Waals surface area contributed by atoms with Gasteiger partial charge in [0.05, 0.1) is 13.2 Å². The van der Waals surface area contributed by atoms with Crippen LogP contribution in [-0.4, -0.2) is 29.1 Å². The minimum Gasteiger partial charge on any atom is -0.347 e. The summed E-state index contributed by atoms with van der Waals surface area (Å²) in [7, 11) is 0. The van der Waals surface area contributed by atoms with Crippen LogP contribution in [0, 0.1) is 23.7 Å². The largest absolute Gasteiger partial charge is 0.347 e. The number of carbonyl (C=O) groups excluding carboxylic acids is 1. The van der Waals surface area contributed by atoms with Crippen LogP contribution in [0.15, 0.2) is 0 Å². The quantitative estimate of drug-likeness (QED) is 0.625. The number of rotatable bonds is 0. The highest BCUT2D eigenvalue weighted by Gasteiger charge is 2.76. The molecule has 0 aromatic rings. The molecule has 1 heterocycles. The van der Waals surface area contributed by atoms with Crippen molar-refractivity contribution in [1.82, 2.24) is 0 Å². The van der Waals surface area contributed by atoms with E-state index in [1.54, 1.807) is 0 Å². The second kappa shape index (κ2) is 2.77. The first-order valence-electron chi connectivity index (χ1n) is 5.76. The summed E-state index contributed by atoms with van der Waals surface area (Å²) in [5, 5.41) is 0. The molecule has 0 amide bonds. The molecule has 1 spiro atoms. The SMILES string of the molecule is O=C1[C@@H]2C[C@@H]3[C@@H](CC34OCCO4)[C@@H]2C1(Cl)Cl. The van der Waals surface area contributed by atoms with Crippen LogP contribution in [-0.2, 0) is 14.3 Å². The lowest BCUT2D eigenvalue weighted by Crippen LogP contribution is -2.60. The summed E-state index contributed by atoms with van der Waals surface area (Å²) in [6.07, 6.45) is 1.70. The summed E-state index contributed by atoms with van der Waals surface area (Å²) in [6, 6.07) is 0. The van der Waals surface area contributed by atoms with Crippen molar-refractivity contribution in [3.05, 3.63) is 0 Å². The van der Waals surface area contributed by atoms with Crippen molar-refractivity contribution in [2.24, 2.45) is 23.7 Å². The van der Waals surface area contributed by atoms with Gasteiger partial charge in [0.2, 0.25) is 0 Å². The van der Waals surface area contributed by atoms with Gasteiger partial charge in [0.1, 0.15) is 0 Å². The summed E-state index contributed by atoms with van der Waals surface area (Å²) in [4.78, 5) is 11.7. The number of alkyl halides is 2. The van der Waals surface area contributed by atoms with Gasteiger partial charge < -0.3 is 9.47 Å². The van der Waals surface area contributed by atoms with Crippen molar-refractivity contribution in [3.63, 3.8) is 0 Å². The van der Waals surface area contributed by atoms with E-state index in [4.69, 9.17) is 32.7 Å². The van der Waals surface area contributed by atoms with Crippen LogP contribution in [0.5, 0.6) is 0 Å². The fourth-order valence-corrected chi connectivity index (χ4v) is 5.06. The van der Waals surface area contributed by atoms with E-state index in [9.17, 15) is 4.79 Å². The molecule has 1 saturated heterocycles. The molecule has 0 aromatic carbocycles. The zero-order valence-corrected chi connectivity index (χ0v) is 10.1. The molecule has 0 bridgehead atoms. The number of hydrogen-bond donors (Lipinski definition) is 0. The lowest BCUT2D eigenvalue weighted by Gasteiger charge is -2.52. The van der Waals surface area contributed by atoms with Gasteiger partial charge in [-0.15, -0.1) is 0 Å². The van der Waals surface area contributed by atoms with Crippen LogP contribution in [0.4, 0.5) is 0 Å². The molecule has 3 aliphatic carbocycles. The summed E-state index contributed by atoms with van der Waals surface area (Å²) < 4.78 is 10.3. The molecule has 0 unspecified atom stereocenters. The average molecular weight is 263 g/mol. The van der Waals surface area contributed by atoms with Crippen molar-refractivity contribution >= 4 is 29.0 Å². The molecule has 88 valence electrons. The van der Waals surface area contributed by atoms with Gasteiger partial charge in [-0.1, -0.05) is 23.2 Å². The number of ketones is 1. The molecule has 4 atom stereocenters. The molecule has 1 aliphatic heterocycles. The third kappa shape index (κ3) is 0.903. The van der Waals surface area contributed by atoms with Gasteiger partial charge in [-0.3, -0.25) is 4.79 Å². The number of hydrogen-bond acceptors (Lipinski definition) is 3. The molecule has 4 aliphatic rings. The average Bonchev–Trinajstić information content (AvgIpc) is 2.79. The molecule has 3 saturated carbocycles. The number of Topliss-reactive ketones (excluding diaryl/α,β-unsaturated/α-hetero) is 1. The standard InChI is InChI=1S/C11H12Cl2O3/c12-11(13)8-5(9(11)14)3-7-6(8)4-10(7)15-1-2-16-10/h5-8H,1-4H2/t5-,6-,7-,8-/m1/s1. The van der Waals surface area contributed by atoms with Crippen LogP contribution in [0.1, 0.15) is 12.8 Å². The van der Waals surface area contributed by atoms with Crippen LogP contribution in [0.3, 0.4) is 0 Å². The van der Waals surface area contributed by atoms with Gasteiger partial charge in [-0.2, -0.15) is 0 Å². The number of halogens is 2. The van der Waals surface area contributed by atoms with Crippen molar-refractivity contribution in [2.45, 2.75) is 23.0 Å². The lowest BCUT2D eigenvalue weighted by molar-refractivity contribution is -0.272. The zero-order valence-electron chi connectivity index (χ0n) is 8.62. The highest BCUT2D eigenvalue weighted by Crippen LogP contribution is 2.70. The van der Waals surface area contributed by atoms with Gasteiger partial charge >= 0.3 is 0 Å². The van der Waals surface area contributed by atoms with Gasteiger partial charge in [0.25, 0.3) is 0 Å². The monoisotopic (exact) mass is 262 g/mol. The Kier molecular flexibility index (Phi) is 1.75. The van der Waals surface area contributed by atoms with E-state index >= 15 is 0 Å². The molecule has 16 heavy (non-hydrogen) atoms. The van der Waals surface area contributed by atoms with Crippen LogP contribution < -0.4 is 0 Å². The minimum atomic E-state index is -1.13. The Hall–Kier alpha value is 0.170. The maximum absolute atomic E-state index is 11.7. The maximum atomic E-state index is 11.7. The molecule has 0 aromatic heterocycles. The molecule has 5 heteroatoms. The summed E-state index contributed by atoms with van der Waals surface area (Å²) >= 11 is 12.2. The van der Waals surface area contributed by atoms with Crippen molar-refractivity contribution in [3.8, 4) is 0 Å². The molecule has 0 N–H and O–H groups in total. The smallest absolute Gasteiger partial charge is 0.179 e. The third-order valence-electron chi connectivity index (χ3n) is 4.86. The third-order valence-corrected chi connectivity index (χ3v) is 5.74. The van der Waals surface area contributed by atoms with E-state index in [0.29, 0.717) is 25.0 Å².